The number of hydrogen-bond donors (Lipinski definition) is 2. The Morgan fingerprint density at radius 2 is 1.48 bits per heavy atom. The molecule has 0 amide bonds. The van der Waals surface area contributed by atoms with Crippen molar-refractivity contribution >= 4 is 11.8 Å². The summed E-state index contributed by atoms with van der Waals surface area (Å²) in [5.74, 6) is -1.13. The van der Waals surface area contributed by atoms with Gasteiger partial charge in [0.25, 0.3) is 0 Å². The Morgan fingerprint density at radius 1 is 0.913 bits per heavy atom. The van der Waals surface area contributed by atoms with Crippen LogP contribution in [0.1, 0.15) is 85.9 Å². The van der Waals surface area contributed by atoms with Crippen molar-refractivity contribution in [3.05, 3.63) is 35.4 Å². The van der Waals surface area contributed by atoms with Gasteiger partial charge in [0.1, 0.15) is 0 Å². The predicted molar refractivity (Wildman–Crippen MR) is 95.1 cm³/mol. The molecular formula is C19H31NO3. The van der Waals surface area contributed by atoms with Crippen molar-refractivity contribution in [2.75, 3.05) is 6.54 Å². The Balaban J connectivity index is 0.000000515. The van der Waals surface area contributed by atoms with E-state index < -0.39 is 5.97 Å². The second kappa shape index (κ2) is 13.9. The quantitative estimate of drug-likeness (QED) is 0.484. The summed E-state index contributed by atoms with van der Waals surface area (Å²) in [7, 11) is 0. The van der Waals surface area contributed by atoms with Crippen LogP contribution >= 0.6 is 0 Å². The molecule has 4 heteroatoms. The fraction of sp³-hybridized carbons (Fsp3) is 0.579. The van der Waals surface area contributed by atoms with Crippen LogP contribution in [0.4, 0.5) is 0 Å². The van der Waals surface area contributed by atoms with Gasteiger partial charge in [0.15, 0.2) is 5.78 Å². The van der Waals surface area contributed by atoms with Crippen LogP contribution in [-0.2, 0) is 0 Å². The molecule has 130 valence electrons. The van der Waals surface area contributed by atoms with Gasteiger partial charge in [-0.05, 0) is 25.5 Å². The molecule has 1 rings (SSSR count). The highest BCUT2D eigenvalue weighted by Crippen LogP contribution is 2.12. The highest BCUT2D eigenvalue weighted by atomic mass is 16.4. The molecule has 0 radical (unpaired) electrons. The van der Waals surface area contributed by atoms with Gasteiger partial charge in [0.05, 0.1) is 5.56 Å². The SMILES string of the molecule is CCCCC(=O)c1ccccc1C(=O)O.CCCCCCCN. The van der Waals surface area contributed by atoms with E-state index in [1.54, 1.807) is 18.2 Å². The molecule has 0 aromatic heterocycles. The topological polar surface area (TPSA) is 80.4 Å². The standard InChI is InChI=1S/C12H14O3.C7H17N/c1-2-3-8-11(13)9-6-4-5-7-10(9)12(14)15;1-2-3-4-5-6-7-8/h4-7H,2-3,8H2,1H3,(H,14,15);2-8H2,1H3. The van der Waals surface area contributed by atoms with E-state index in [0.29, 0.717) is 12.0 Å². The van der Waals surface area contributed by atoms with E-state index in [-0.39, 0.29) is 11.3 Å². The maximum atomic E-state index is 11.7. The predicted octanol–water partition coefficient (Wildman–Crippen LogP) is 4.67. The van der Waals surface area contributed by atoms with Crippen LogP contribution in [0.25, 0.3) is 0 Å². The lowest BCUT2D eigenvalue weighted by Crippen LogP contribution is -2.08. The molecule has 0 spiro atoms. The van der Waals surface area contributed by atoms with E-state index in [4.69, 9.17) is 10.8 Å². The molecule has 0 fully saturated rings. The molecule has 0 atom stereocenters. The molecule has 1 aromatic rings. The highest BCUT2D eigenvalue weighted by Gasteiger charge is 2.14. The van der Waals surface area contributed by atoms with Crippen LogP contribution in [0.3, 0.4) is 0 Å². The Hall–Kier alpha value is -1.68. The van der Waals surface area contributed by atoms with Crippen molar-refractivity contribution in [3.63, 3.8) is 0 Å². The number of aromatic carboxylic acids is 1. The van der Waals surface area contributed by atoms with Gasteiger partial charge in [0, 0.05) is 12.0 Å². The largest absolute Gasteiger partial charge is 0.478 e. The van der Waals surface area contributed by atoms with Crippen molar-refractivity contribution < 1.29 is 14.7 Å². The number of carbonyl (C=O) groups is 2. The lowest BCUT2D eigenvalue weighted by Gasteiger charge is -2.03. The molecule has 4 nitrogen and oxygen atoms in total. The van der Waals surface area contributed by atoms with Crippen LogP contribution < -0.4 is 5.73 Å². The third-order valence-corrected chi connectivity index (χ3v) is 3.52. The van der Waals surface area contributed by atoms with E-state index in [0.717, 1.165) is 19.4 Å². The van der Waals surface area contributed by atoms with Gasteiger partial charge >= 0.3 is 5.97 Å². The van der Waals surface area contributed by atoms with E-state index >= 15 is 0 Å². The Labute approximate surface area is 140 Å². The lowest BCUT2D eigenvalue weighted by atomic mass is 10.0. The summed E-state index contributed by atoms with van der Waals surface area (Å²) in [6.45, 7) is 5.09. The van der Waals surface area contributed by atoms with Gasteiger partial charge in [-0.25, -0.2) is 4.79 Å². The number of carboxylic acid groups (broad SMARTS) is 1. The number of nitrogens with two attached hydrogens (primary N) is 1. The third kappa shape index (κ3) is 9.84. The molecule has 1 aromatic carbocycles. The van der Waals surface area contributed by atoms with Crippen LogP contribution in [-0.4, -0.2) is 23.4 Å². The zero-order chi connectivity index (χ0) is 17.5. The number of rotatable bonds is 10. The second-order valence-corrected chi connectivity index (χ2v) is 5.58. The van der Waals surface area contributed by atoms with Crippen molar-refractivity contribution in [2.45, 2.75) is 65.2 Å². The summed E-state index contributed by atoms with van der Waals surface area (Å²) in [4.78, 5) is 22.5. The first kappa shape index (κ1) is 21.3. The minimum atomic E-state index is -1.05. The van der Waals surface area contributed by atoms with Gasteiger partial charge < -0.3 is 10.8 Å². The zero-order valence-corrected chi connectivity index (χ0v) is 14.5. The fourth-order valence-electron chi connectivity index (χ4n) is 2.13. The fourth-order valence-corrected chi connectivity index (χ4v) is 2.13. The Morgan fingerprint density at radius 3 is 2.00 bits per heavy atom. The van der Waals surface area contributed by atoms with Crippen LogP contribution in [0.2, 0.25) is 0 Å². The first-order valence-electron chi connectivity index (χ1n) is 8.64. The maximum Gasteiger partial charge on any atom is 0.336 e. The molecule has 0 aliphatic heterocycles. The third-order valence-electron chi connectivity index (χ3n) is 3.52. The van der Waals surface area contributed by atoms with Crippen molar-refractivity contribution in [1.82, 2.24) is 0 Å². The van der Waals surface area contributed by atoms with Crippen molar-refractivity contribution in [1.29, 1.82) is 0 Å². The molecule has 0 aliphatic rings. The minimum Gasteiger partial charge on any atom is -0.478 e. The van der Waals surface area contributed by atoms with Crippen LogP contribution in [0.5, 0.6) is 0 Å². The molecule has 0 saturated carbocycles. The van der Waals surface area contributed by atoms with Crippen molar-refractivity contribution in [2.24, 2.45) is 5.73 Å². The van der Waals surface area contributed by atoms with Gasteiger partial charge in [-0.2, -0.15) is 0 Å². The van der Waals surface area contributed by atoms with E-state index in [2.05, 4.69) is 6.92 Å². The Bertz CT molecular complexity index is 452. The highest BCUT2D eigenvalue weighted by molar-refractivity contribution is 6.05. The van der Waals surface area contributed by atoms with E-state index in [1.807, 2.05) is 6.92 Å². The molecule has 0 heterocycles. The van der Waals surface area contributed by atoms with Crippen molar-refractivity contribution in [3.8, 4) is 0 Å². The minimum absolute atomic E-state index is 0.0881. The molecule has 23 heavy (non-hydrogen) atoms. The zero-order valence-electron chi connectivity index (χ0n) is 14.5. The molecule has 0 bridgehead atoms. The average Bonchev–Trinajstić information content (AvgIpc) is 2.57. The lowest BCUT2D eigenvalue weighted by molar-refractivity contribution is 0.0691. The summed E-state index contributed by atoms with van der Waals surface area (Å²) in [5.41, 5.74) is 5.72. The molecular weight excluding hydrogens is 290 g/mol. The Kier molecular flexibility index (Phi) is 12.9. The monoisotopic (exact) mass is 321 g/mol. The van der Waals surface area contributed by atoms with E-state index in [1.165, 1.54) is 38.2 Å². The maximum absolute atomic E-state index is 11.7. The van der Waals surface area contributed by atoms with Gasteiger partial charge in [-0.3, -0.25) is 4.79 Å². The molecule has 0 unspecified atom stereocenters. The number of Topliss-reactive ketones (excluding diaryl/α,β-unsaturated/α-hetero) is 1. The number of hydrogen-bond acceptors (Lipinski definition) is 3. The number of unbranched alkanes of at least 4 members (excludes halogenated alkanes) is 5. The smallest absolute Gasteiger partial charge is 0.336 e. The number of carbonyl (C=O) groups excluding carboxylic acids is 1. The molecule has 0 aliphatic carbocycles. The van der Waals surface area contributed by atoms with Crippen LogP contribution in [0.15, 0.2) is 24.3 Å². The first-order chi connectivity index (χ1) is 11.1. The summed E-state index contributed by atoms with van der Waals surface area (Å²) in [6, 6.07) is 6.34. The first-order valence-corrected chi connectivity index (χ1v) is 8.64. The summed E-state index contributed by atoms with van der Waals surface area (Å²) in [6.07, 6.45) is 8.75. The van der Waals surface area contributed by atoms with Crippen LogP contribution in [0, 0.1) is 0 Å². The summed E-state index contributed by atoms with van der Waals surface area (Å²) < 4.78 is 0. The molecule has 3 N–H and O–H groups in total. The van der Waals surface area contributed by atoms with Gasteiger partial charge in [0.2, 0.25) is 0 Å². The number of ketones is 1. The normalized spacial score (nSPS) is 9.87. The van der Waals surface area contributed by atoms with Gasteiger partial charge in [-0.1, -0.05) is 64.2 Å². The number of carboxylic acids is 1. The number of benzene rings is 1. The van der Waals surface area contributed by atoms with Gasteiger partial charge in [-0.15, -0.1) is 0 Å². The summed E-state index contributed by atoms with van der Waals surface area (Å²) in [5, 5.41) is 8.89. The molecule has 0 saturated heterocycles. The second-order valence-electron chi connectivity index (χ2n) is 5.58. The average molecular weight is 321 g/mol. The summed E-state index contributed by atoms with van der Waals surface area (Å²) >= 11 is 0. The van der Waals surface area contributed by atoms with E-state index in [9.17, 15) is 9.59 Å².